The van der Waals surface area contributed by atoms with E-state index in [0.717, 1.165) is 118 Å². The third-order valence-corrected chi connectivity index (χ3v) is 21.0. The van der Waals surface area contributed by atoms with Crippen LogP contribution in [0.2, 0.25) is 0 Å². The van der Waals surface area contributed by atoms with Crippen LogP contribution >= 0.6 is 0 Å². The first-order valence-electron chi connectivity index (χ1n) is 31.5. The molecular weight excluding hydrogens is 946 g/mol. The Bertz CT molecular complexity index is 4240. The van der Waals surface area contributed by atoms with E-state index in [9.17, 15) is 2.74 Å². The van der Waals surface area contributed by atoms with Crippen molar-refractivity contribution < 1.29 is 11.3 Å². The Kier molecular flexibility index (Phi) is 8.86. The molecule has 2 unspecified atom stereocenters. The highest BCUT2D eigenvalue weighted by molar-refractivity contribution is 7.00. The van der Waals surface area contributed by atoms with Gasteiger partial charge in [0.1, 0.15) is 11.2 Å². The lowest BCUT2D eigenvalue weighted by molar-refractivity contribution is 0.195. The van der Waals surface area contributed by atoms with Crippen molar-refractivity contribution in [3.05, 3.63) is 185 Å². The summed E-state index contributed by atoms with van der Waals surface area (Å²) >= 11 is 0. The lowest BCUT2D eigenvalue weighted by Gasteiger charge is -2.52. The van der Waals surface area contributed by atoms with Crippen molar-refractivity contribution in [2.75, 3.05) is 14.7 Å². The highest BCUT2D eigenvalue weighted by atomic mass is 16.3. The zero-order valence-corrected chi connectivity index (χ0v) is 47.5. The third kappa shape index (κ3) is 6.60. The number of para-hydroxylation sites is 1. The van der Waals surface area contributed by atoms with Crippen LogP contribution in [0.25, 0.3) is 33.1 Å². The van der Waals surface area contributed by atoms with Gasteiger partial charge in [-0.1, -0.05) is 148 Å². The number of anilines is 8. The Morgan fingerprint density at radius 1 is 0.500 bits per heavy atom. The van der Waals surface area contributed by atoms with E-state index in [-0.39, 0.29) is 75.1 Å². The fraction of sp³-hybridized carbons (Fsp3) is 0.342. The molecule has 15 rings (SSSR count). The maximum atomic E-state index is 9.43. The summed E-state index contributed by atoms with van der Waals surface area (Å²) in [5, 5.41) is 2.13. The van der Waals surface area contributed by atoms with Gasteiger partial charge >= 0.3 is 0 Å². The first kappa shape index (κ1) is 43.0. The van der Waals surface area contributed by atoms with Crippen LogP contribution in [0.15, 0.2) is 156 Å². The molecule has 3 aliphatic heterocycles. The van der Waals surface area contributed by atoms with Gasteiger partial charge in [-0.25, -0.2) is 0 Å². The summed E-state index contributed by atoms with van der Waals surface area (Å²) in [6.45, 7) is 26.2. The molecular formula is C73H74BN3O. The SMILES string of the molecule is [2H]c1c([2H])c([2H])c(-c2cc3c4c(c2)C2(C)CCCCC2(C)N4c2cc(C)cc4c2B3c2ccc(N(c3ccc5c(c3)C(C)(C)CCC5(C)C)c3ccc5c(c3)C(C)(C)CCC5(C)C)cc2N4c2ccc3oc4ccccc4c3c2)c([2H])c1[2H]. The van der Waals surface area contributed by atoms with E-state index in [4.69, 9.17) is 8.53 Å². The van der Waals surface area contributed by atoms with Gasteiger partial charge in [0.15, 0.2) is 0 Å². The highest BCUT2D eigenvalue weighted by Crippen LogP contribution is 2.63. The topological polar surface area (TPSA) is 22.9 Å². The minimum atomic E-state index is -0.378. The summed E-state index contributed by atoms with van der Waals surface area (Å²) in [4.78, 5) is 7.76. The molecule has 8 aromatic carbocycles. The Morgan fingerprint density at radius 3 is 1.79 bits per heavy atom. The van der Waals surface area contributed by atoms with Gasteiger partial charge in [0.25, 0.3) is 6.71 Å². The second-order valence-corrected chi connectivity index (χ2v) is 27.4. The maximum Gasteiger partial charge on any atom is 0.252 e. The molecule has 9 aromatic rings. The van der Waals surface area contributed by atoms with Crippen molar-refractivity contribution in [3.8, 4) is 11.1 Å². The van der Waals surface area contributed by atoms with Crippen LogP contribution in [0.1, 0.15) is 161 Å². The molecule has 1 aromatic heterocycles. The van der Waals surface area contributed by atoms with Crippen molar-refractivity contribution in [1.29, 1.82) is 0 Å². The summed E-state index contributed by atoms with van der Waals surface area (Å²) in [5.74, 6) is 0. The summed E-state index contributed by atoms with van der Waals surface area (Å²) < 4.78 is 51.9. The third-order valence-electron chi connectivity index (χ3n) is 21.0. The molecule has 4 heterocycles. The van der Waals surface area contributed by atoms with Crippen LogP contribution in [-0.2, 0) is 27.1 Å². The number of hydrogen-bond acceptors (Lipinski definition) is 4. The molecule has 0 saturated heterocycles. The summed E-state index contributed by atoms with van der Waals surface area (Å²) in [6.07, 6.45) is 8.67. The van der Waals surface area contributed by atoms with Crippen molar-refractivity contribution >= 4 is 90.5 Å². The molecule has 0 spiro atoms. The molecule has 0 bridgehead atoms. The second kappa shape index (κ2) is 16.1. The van der Waals surface area contributed by atoms with Crippen LogP contribution in [-0.4, -0.2) is 12.3 Å². The predicted molar refractivity (Wildman–Crippen MR) is 331 cm³/mol. The van der Waals surface area contributed by atoms with Gasteiger partial charge in [0.05, 0.1) is 12.4 Å². The number of furan rings is 1. The molecule has 0 radical (unpaired) electrons. The zero-order chi connectivity index (χ0) is 58.0. The number of hydrogen-bond donors (Lipinski definition) is 0. The summed E-state index contributed by atoms with van der Waals surface area (Å²) in [6, 6.07) is 44.8. The standard InChI is InChI=1S/C73H74BN3O/c1-45-37-62-66-63(38-45)77-67-58(72(10)31-17-18-32-73(72,77)11)39-47(46-19-13-12-14-20-46)40-60(67)74(66)59-29-25-51(44-61(59)76(62)48-26-30-65-53(41-48)52-21-15-16-22-64(52)78-65)75(49-23-27-54-56(42-49)70(6,7)35-33-68(54,2)3)50-24-28-55-57(43-50)71(8,9)36-34-69(55,4)5/h12-16,19-30,37-44H,17-18,31-36H2,1-11H3/i12D,13D,14D,19D,20D. The monoisotopic (exact) mass is 1020 g/mol. The number of rotatable bonds is 5. The molecule has 1 saturated carbocycles. The Labute approximate surface area is 470 Å². The smallest absolute Gasteiger partial charge is 0.252 e. The van der Waals surface area contributed by atoms with Crippen molar-refractivity contribution in [1.82, 2.24) is 0 Å². The number of fused-ring (bicyclic) bond motifs is 12. The van der Waals surface area contributed by atoms with Crippen LogP contribution in [0.4, 0.5) is 45.5 Å². The van der Waals surface area contributed by atoms with Crippen molar-refractivity contribution in [2.45, 2.75) is 160 Å². The van der Waals surface area contributed by atoms with E-state index in [1.54, 1.807) is 0 Å². The average molecular weight is 1030 g/mol. The first-order chi connectivity index (χ1) is 39.3. The highest BCUT2D eigenvalue weighted by Gasteiger charge is 2.61. The zero-order valence-electron chi connectivity index (χ0n) is 52.5. The van der Waals surface area contributed by atoms with Gasteiger partial charge < -0.3 is 19.1 Å². The fourth-order valence-corrected chi connectivity index (χ4v) is 16.1. The number of nitrogens with zero attached hydrogens (tertiary/aromatic N) is 3. The molecule has 3 aliphatic carbocycles. The van der Waals surface area contributed by atoms with Crippen LogP contribution in [0.3, 0.4) is 0 Å². The molecule has 0 N–H and O–H groups in total. The summed E-state index contributed by atoms with van der Waals surface area (Å²) in [7, 11) is 0. The minimum absolute atomic E-state index is 0.0132. The summed E-state index contributed by atoms with van der Waals surface area (Å²) in [5.41, 5.74) is 22.6. The van der Waals surface area contributed by atoms with E-state index in [2.05, 4.69) is 206 Å². The van der Waals surface area contributed by atoms with E-state index in [1.165, 1.54) is 50.2 Å². The fourth-order valence-electron chi connectivity index (χ4n) is 16.1. The van der Waals surface area contributed by atoms with Crippen LogP contribution < -0.4 is 31.1 Å². The number of aryl methyl sites for hydroxylation is 1. The predicted octanol–water partition coefficient (Wildman–Crippen LogP) is 18.1. The van der Waals surface area contributed by atoms with Gasteiger partial charge in [-0.2, -0.15) is 0 Å². The van der Waals surface area contributed by atoms with E-state index in [0.29, 0.717) is 5.56 Å². The van der Waals surface area contributed by atoms with Gasteiger partial charge in [-0.15, -0.1) is 0 Å². The number of benzene rings is 8. The first-order valence-corrected chi connectivity index (χ1v) is 29.0. The van der Waals surface area contributed by atoms with E-state index < -0.39 is 0 Å². The molecule has 2 atom stereocenters. The lowest BCUT2D eigenvalue weighted by atomic mass is 9.33. The maximum absolute atomic E-state index is 9.43. The Balaban J connectivity index is 1.04. The molecule has 5 heteroatoms. The van der Waals surface area contributed by atoms with Gasteiger partial charge in [-0.05, 0) is 214 Å². The van der Waals surface area contributed by atoms with E-state index >= 15 is 0 Å². The second-order valence-electron chi connectivity index (χ2n) is 27.4. The normalized spacial score (nSPS) is 23.2. The molecule has 78 heavy (non-hydrogen) atoms. The quantitative estimate of drug-likeness (QED) is 0.160. The molecule has 4 nitrogen and oxygen atoms in total. The average Bonchev–Trinajstić information content (AvgIpc) is 1.69. The van der Waals surface area contributed by atoms with Crippen molar-refractivity contribution in [3.63, 3.8) is 0 Å². The van der Waals surface area contributed by atoms with E-state index in [1.807, 2.05) is 6.07 Å². The van der Waals surface area contributed by atoms with Gasteiger partial charge in [0.2, 0.25) is 0 Å². The van der Waals surface area contributed by atoms with Crippen LogP contribution in [0.5, 0.6) is 0 Å². The molecule has 6 aliphatic rings. The van der Waals surface area contributed by atoms with Gasteiger partial charge in [-0.3, -0.25) is 0 Å². The Hall–Kier alpha value is -6.98. The molecule has 0 amide bonds. The van der Waals surface area contributed by atoms with Crippen molar-refractivity contribution in [2.24, 2.45) is 0 Å². The largest absolute Gasteiger partial charge is 0.456 e. The molecule has 1 fully saturated rings. The van der Waals surface area contributed by atoms with Gasteiger partial charge in [0, 0.05) is 61.7 Å². The molecule has 390 valence electrons. The van der Waals surface area contributed by atoms with Crippen LogP contribution in [0, 0.1) is 6.92 Å². The Morgan fingerprint density at radius 2 is 1.10 bits per heavy atom. The lowest BCUT2D eigenvalue weighted by Crippen LogP contribution is -2.64. The minimum Gasteiger partial charge on any atom is -0.456 e.